The summed E-state index contributed by atoms with van der Waals surface area (Å²) in [6.45, 7) is 5.62. The molecule has 1 unspecified atom stereocenters. The molecule has 2 aromatic rings. The third-order valence-electron chi connectivity index (χ3n) is 5.41. The smallest absolute Gasteiger partial charge is 0.264 e. The number of hydrogen-bond donors (Lipinski definition) is 1. The second kappa shape index (κ2) is 9.97. The topological polar surface area (TPSA) is 69.7 Å². The highest BCUT2D eigenvalue weighted by Crippen LogP contribution is 2.26. The van der Waals surface area contributed by atoms with Gasteiger partial charge in [-0.2, -0.15) is 0 Å². The van der Waals surface area contributed by atoms with E-state index in [1.165, 1.54) is 62.4 Å². The predicted octanol–water partition coefficient (Wildman–Crippen LogP) is 3.77. The van der Waals surface area contributed by atoms with Gasteiger partial charge in [0.25, 0.3) is 15.9 Å². The first kappa shape index (κ1) is 23.5. The quantitative estimate of drug-likeness (QED) is 0.641. The van der Waals surface area contributed by atoms with Crippen molar-refractivity contribution in [1.29, 1.82) is 0 Å². The highest BCUT2D eigenvalue weighted by molar-refractivity contribution is 7.92. The lowest BCUT2D eigenvalue weighted by molar-refractivity contribution is 0.0945. The minimum Gasteiger partial charge on any atom is -0.352 e. The van der Waals surface area contributed by atoms with Gasteiger partial charge >= 0.3 is 0 Å². The van der Waals surface area contributed by atoms with E-state index in [4.69, 9.17) is 11.6 Å². The molecule has 2 aromatic carbocycles. The van der Waals surface area contributed by atoms with Gasteiger partial charge in [0.1, 0.15) is 5.82 Å². The number of anilines is 1. The van der Waals surface area contributed by atoms with Crippen LogP contribution in [0.25, 0.3) is 0 Å². The van der Waals surface area contributed by atoms with Gasteiger partial charge in [0.15, 0.2) is 0 Å². The standard InChI is InChI=1S/C22H27ClFN3O3S/c1-16(15-27-11-3-4-12-27)14-25-22(28)20-13-19(9-10-21(20)23)31(29,30)26(2)18-7-5-17(24)6-8-18/h5-10,13,16H,3-4,11-12,14-15H2,1-2H3,(H,25,28). The van der Waals surface area contributed by atoms with Gasteiger partial charge in [-0.1, -0.05) is 18.5 Å². The molecule has 0 spiro atoms. The van der Waals surface area contributed by atoms with Crippen LogP contribution in [0.1, 0.15) is 30.1 Å². The van der Waals surface area contributed by atoms with E-state index >= 15 is 0 Å². The molecule has 1 fully saturated rings. The Labute approximate surface area is 188 Å². The zero-order chi connectivity index (χ0) is 22.6. The van der Waals surface area contributed by atoms with E-state index in [0.29, 0.717) is 12.2 Å². The lowest BCUT2D eigenvalue weighted by Gasteiger charge is -2.21. The third-order valence-corrected chi connectivity index (χ3v) is 7.52. The Kier molecular flexibility index (Phi) is 7.56. The van der Waals surface area contributed by atoms with Crippen molar-refractivity contribution < 1.29 is 17.6 Å². The van der Waals surface area contributed by atoms with Gasteiger partial charge in [0, 0.05) is 20.1 Å². The van der Waals surface area contributed by atoms with Crippen molar-refractivity contribution in [2.24, 2.45) is 5.92 Å². The molecule has 0 saturated carbocycles. The van der Waals surface area contributed by atoms with Crippen LogP contribution in [-0.2, 0) is 10.0 Å². The lowest BCUT2D eigenvalue weighted by atomic mass is 10.1. The number of likely N-dealkylation sites (tertiary alicyclic amines) is 1. The summed E-state index contributed by atoms with van der Waals surface area (Å²) in [6.07, 6.45) is 2.42. The average Bonchev–Trinajstić information content (AvgIpc) is 3.25. The van der Waals surface area contributed by atoms with Gasteiger partial charge in [0.2, 0.25) is 0 Å². The number of amides is 1. The van der Waals surface area contributed by atoms with E-state index in [1.807, 2.05) is 0 Å². The Balaban J connectivity index is 1.72. The maximum atomic E-state index is 13.2. The van der Waals surface area contributed by atoms with Crippen LogP contribution in [0.3, 0.4) is 0 Å². The van der Waals surface area contributed by atoms with Crippen molar-refractivity contribution in [3.8, 4) is 0 Å². The monoisotopic (exact) mass is 467 g/mol. The second-order valence-corrected chi connectivity index (χ2v) is 10.3. The number of carbonyl (C=O) groups excluding carboxylic acids is 1. The van der Waals surface area contributed by atoms with Crippen LogP contribution in [0, 0.1) is 11.7 Å². The highest BCUT2D eigenvalue weighted by atomic mass is 35.5. The van der Waals surface area contributed by atoms with Gasteiger partial charge in [-0.3, -0.25) is 9.10 Å². The highest BCUT2D eigenvalue weighted by Gasteiger charge is 2.24. The van der Waals surface area contributed by atoms with Crippen molar-refractivity contribution in [2.75, 3.05) is 37.5 Å². The summed E-state index contributed by atoms with van der Waals surface area (Å²) in [6, 6.07) is 9.14. The molecular weight excluding hydrogens is 441 g/mol. The van der Waals surface area contributed by atoms with Crippen molar-refractivity contribution in [2.45, 2.75) is 24.7 Å². The summed E-state index contributed by atoms with van der Waals surface area (Å²) in [4.78, 5) is 15.0. The molecule has 0 bridgehead atoms. The molecule has 1 atom stereocenters. The molecule has 6 nitrogen and oxygen atoms in total. The van der Waals surface area contributed by atoms with Gasteiger partial charge in [-0.15, -0.1) is 0 Å². The van der Waals surface area contributed by atoms with E-state index in [-0.39, 0.29) is 21.4 Å². The van der Waals surface area contributed by atoms with Crippen molar-refractivity contribution in [3.63, 3.8) is 0 Å². The molecule has 31 heavy (non-hydrogen) atoms. The number of rotatable bonds is 8. The van der Waals surface area contributed by atoms with Crippen LogP contribution in [0.5, 0.6) is 0 Å². The first-order chi connectivity index (χ1) is 14.7. The van der Waals surface area contributed by atoms with Gasteiger partial charge in [0.05, 0.1) is 21.2 Å². The largest absolute Gasteiger partial charge is 0.352 e. The van der Waals surface area contributed by atoms with Crippen LogP contribution in [0.2, 0.25) is 5.02 Å². The minimum absolute atomic E-state index is 0.0704. The normalized spacial score (nSPS) is 15.6. The molecular formula is C22H27ClFN3O3S. The molecule has 1 heterocycles. The Morgan fingerprint density at radius 2 is 1.84 bits per heavy atom. The molecule has 1 amide bonds. The van der Waals surface area contributed by atoms with E-state index in [0.717, 1.165) is 23.9 Å². The number of halogens is 2. The second-order valence-electron chi connectivity index (χ2n) is 7.91. The molecule has 0 aromatic heterocycles. The average molecular weight is 468 g/mol. The Morgan fingerprint density at radius 3 is 2.48 bits per heavy atom. The summed E-state index contributed by atoms with van der Waals surface area (Å²) in [7, 11) is -2.59. The molecule has 1 N–H and O–H groups in total. The van der Waals surface area contributed by atoms with Crippen LogP contribution < -0.4 is 9.62 Å². The zero-order valence-corrected chi connectivity index (χ0v) is 19.2. The Bertz CT molecular complexity index is 1020. The maximum Gasteiger partial charge on any atom is 0.264 e. The fourth-order valence-electron chi connectivity index (χ4n) is 3.62. The van der Waals surface area contributed by atoms with Crippen LogP contribution in [0.15, 0.2) is 47.4 Å². The van der Waals surface area contributed by atoms with E-state index in [9.17, 15) is 17.6 Å². The van der Waals surface area contributed by atoms with Crippen LogP contribution in [-0.4, -0.2) is 52.5 Å². The molecule has 0 radical (unpaired) electrons. The molecule has 168 valence electrons. The molecule has 0 aliphatic carbocycles. The first-order valence-corrected chi connectivity index (χ1v) is 12.0. The first-order valence-electron chi connectivity index (χ1n) is 10.2. The molecule has 3 rings (SSSR count). The van der Waals surface area contributed by atoms with Gasteiger partial charge < -0.3 is 10.2 Å². The van der Waals surface area contributed by atoms with Gasteiger partial charge in [-0.25, -0.2) is 12.8 Å². The zero-order valence-electron chi connectivity index (χ0n) is 17.6. The van der Waals surface area contributed by atoms with Crippen molar-refractivity contribution >= 4 is 33.2 Å². The van der Waals surface area contributed by atoms with E-state index in [1.54, 1.807) is 0 Å². The predicted molar refractivity (Wildman–Crippen MR) is 121 cm³/mol. The summed E-state index contributed by atoms with van der Waals surface area (Å²) in [5.41, 5.74) is 0.404. The summed E-state index contributed by atoms with van der Waals surface area (Å²) in [5, 5.41) is 3.03. The Hall–Kier alpha value is -2.16. The molecule has 1 aliphatic heterocycles. The molecule has 9 heteroatoms. The van der Waals surface area contributed by atoms with E-state index < -0.39 is 21.7 Å². The van der Waals surface area contributed by atoms with Crippen molar-refractivity contribution in [3.05, 3.63) is 58.9 Å². The van der Waals surface area contributed by atoms with E-state index in [2.05, 4.69) is 17.1 Å². The number of carbonyl (C=O) groups is 1. The number of hydrogen-bond acceptors (Lipinski definition) is 4. The Morgan fingerprint density at radius 1 is 1.19 bits per heavy atom. The van der Waals surface area contributed by atoms with Crippen molar-refractivity contribution in [1.82, 2.24) is 10.2 Å². The molecule has 1 aliphatic rings. The summed E-state index contributed by atoms with van der Waals surface area (Å²) >= 11 is 6.19. The number of sulfonamides is 1. The van der Waals surface area contributed by atoms with Crippen LogP contribution >= 0.6 is 11.6 Å². The fraction of sp³-hybridized carbons (Fsp3) is 0.409. The number of nitrogens with zero attached hydrogens (tertiary/aromatic N) is 2. The lowest BCUT2D eigenvalue weighted by Crippen LogP contribution is -2.34. The summed E-state index contributed by atoms with van der Waals surface area (Å²) in [5.74, 6) is -0.615. The minimum atomic E-state index is -3.96. The number of benzene rings is 2. The van der Waals surface area contributed by atoms with Crippen LogP contribution in [0.4, 0.5) is 10.1 Å². The maximum absolute atomic E-state index is 13.2. The fourth-order valence-corrected chi connectivity index (χ4v) is 5.05. The number of nitrogens with one attached hydrogen (secondary N) is 1. The van der Waals surface area contributed by atoms with Gasteiger partial charge in [-0.05, 0) is 74.3 Å². The summed E-state index contributed by atoms with van der Waals surface area (Å²) < 4.78 is 40.2. The third kappa shape index (κ3) is 5.75. The molecule has 1 saturated heterocycles. The SMILES string of the molecule is CC(CNC(=O)c1cc(S(=O)(=O)N(C)c2ccc(F)cc2)ccc1Cl)CN1CCCC1.